The van der Waals surface area contributed by atoms with E-state index >= 15 is 0 Å². The fourth-order valence-electron chi connectivity index (χ4n) is 2.18. The van der Waals surface area contributed by atoms with Crippen molar-refractivity contribution in [3.05, 3.63) is 63.7 Å². The fourth-order valence-corrected chi connectivity index (χ4v) is 3.01. The monoisotopic (exact) mass is 379 g/mol. The van der Waals surface area contributed by atoms with Gasteiger partial charge in [0.25, 0.3) is 0 Å². The van der Waals surface area contributed by atoms with Crippen LogP contribution in [0.2, 0.25) is 15.1 Å². The Balaban J connectivity index is 1.93. The van der Waals surface area contributed by atoms with E-state index in [1.54, 1.807) is 36.5 Å². The minimum Gasteiger partial charge on any atom is -0.494 e. The highest BCUT2D eigenvalue weighted by Gasteiger charge is 2.11. The molecule has 0 saturated carbocycles. The van der Waals surface area contributed by atoms with Crippen molar-refractivity contribution >= 4 is 46.4 Å². The quantitative estimate of drug-likeness (QED) is 0.616. The maximum atomic E-state index is 6.19. The molecule has 0 saturated heterocycles. The average Bonchev–Trinajstić information content (AvgIpc) is 2.55. The molecular formula is C17H12Cl3N3O. The van der Waals surface area contributed by atoms with Crippen LogP contribution in [0, 0.1) is 0 Å². The molecule has 122 valence electrons. The number of halogens is 3. The number of aromatic nitrogens is 2. The molecule has 0 unspecified atom stereocenters. The molecule has 0 amide bonds. The van der Waals surface area contributed by atoms with Gasteiger partial charge in [-0.3, -0.25) is 0 Å². The first-order valence-electron chi connectivity index (χ1n) is 6.96. The lowest BCUT2D eigenvalue weighted by atomic mass is 10.1. The van der Waals surface area contributed by atoms with Gasteiger partial charge in [0.1, 0.15) is 0 Å². The summed E-state index contributed by atoms with van der Waals surface area (Å²) in [7, 11) is 1.52. The number of benzene rings is 2. The first-order valence-corrected chi connectivity index (χ1v) is 8.09. The standard InChI is InChI=1S/C17H12Cl3N3O/c1-24-16-13(19)7-10(8-14(16)20)15-5-6-21-17(23-15)22-12-4-2-3-11(18)9-12/h2-9H,1H3,(H,21,22,23). The van der Waals surface area contributed by atoms with Crippen LogP contribution in [-0.2, 0) is 0 Å². The summed E-state index contributed by atoms with van der Waals surface area (Å²) in [5, 5.41) is 4.58. The van der Waals surface area contributed by atoms with Crippen LogP contribution in [0.15, 0.2) is 48.7 Å². The molecule has 0 aliphatic heterocycles. The van der Waals surface area contributed by atoms with Crippen molar-refractivity contribution in [1.82, 2.24) is 9.97 Å². The third-order valence-electron chi connectivity index (χ3n) is 3.23. The van der Waals surface area contributed by atoms with E-state index in [9.17, 15) is 0 Å². The first kappa shape index (κ1) is 16.8. The Bertz CT molecular complexity index is 863. The van der Waals surface area contributed by atoms with Gasteiger partial charge in [-0.25, -0.2) is 9.97 Å². The molecule has 0 atom stereocenters. The van der Waals surface area contributed by atoms with Crippen LogP contribution in [0.5, 0.6) is 5.75 Å². The molecule has 4 nitrogen and oxygen atoms in total. The van der Waals surface area contributed by atoms with Crippen LogP contribution in [0.25, 0.3) is 11.3 Å². The zero-order chi connectivity index (χ0) is 17.1. The van der Waals surface area contributed by atoms with Crippen LogP contribution >= 0.6 is 34.8 Å². The van der Waals surface area contributed by atoms with E-state index in [1.807, 2.05) is 12.1 Å². The highest BCUT2D eigenvalue weighted by atomic mass is 35.5. The minimum absolute atomic E-state index is 0.419. The number of ether oxygens (including phenoxy) is 1. The summed E-state index contributed by atoms with van der Waals surface area (Å²) in [6, 6.07) is 12.6. The molecular weight excluding hydrogens is 369 g/mol. The van der Waals surface area contributed by atoms with Gasteiger partial charge >= 0.3 is 0 Å². The number of hydrogen-bond acceptors (Lipinski definition) is 4. The second-order valence-electron chi connectivity index (χ2n) is 4.87. The Hall–Kier alpha value is -2.01. The SMILES string of the molecule is COc1c(Cl)cc(-c2ccnc(Nc3cccc(Cl)c3)n2)cc1Cl. The van der Waals surface area contributed by atoms with E-state index in [2.05, 4.69) is 15.3 Å². The lowest BCUT2D eigenvalue weighted by Gasteiger charge is -2.10. The lowest BCUT2D eigenvalue weighted by molar-refractivity contribution is 0.415. The van der Waals surface area contributed by atoms with Crippen molar-refractivity contribution < 1.29 is 4.74 Å². The summed E-state index contributed by atoms with van der Waals surface area (Å²) in [5.41, 5.74) is 2.24. The predicted molar refractivity (Wildman–Crippen MR) is 98.8 cm³/mol. The van der Waals surface area contributed by atoms with Crippen molar-refractivity contribution in [1.29, 1.82) is 0 Å². The number of hydrogen-bond donors (Lipinski definition) is 1. The lowest BCUT2D eigenvalue weighted by Crippen LogP contribution is -1.98. The van der Waals surface area contributed by atoms with Crippen LogP contribution in [-0.4, -0.2) is 17.1 Å². The Labute approximate surface area is 154 Å². The van der Waals surface area contributed by atoms with E-state index in [0.29, 0.717) is 32.5 Å². The van der Waals surface area contributed by atoms with Crippen molar-refractivity contribution in [2.45, 2.75) is 0 Å². The number of rotatable bonds is 4. The van der Waals surface area contributed by atoms with Gasteiger partial charge in [-0.2, -0.15) is 0 Å². The molecule has 1 aromatic heterocycles. The smallest absolute Gasteiger partial charge is 0.227 e. The Morgan fingerprint density at radius 3 is 2.42 bits per heavy atom. The van der Waals surface area contributed by atoms with Gasteiger partial charge < -0.3 is 10.1 Å². The maximum absolute atomic E-state index is 6.19. The number of nitrogens with zero attached hydrogens (tertiary/aromatic N) is 2. The molecule has 0 aliphatic rings. The predicted octanol–water partition coefficient (Wildman–Crippen LogP) is 5.86. The van der Waals surface area contributed by atoms with Crippen LogP contribution in [0.3, 0.4) is 0 Å². The van der Waals surface area contributed by atoms with E-state index in [-0.39, 0.29) is 0 Å². The summed E-state index contributed by atoms with van der Waals surface area (Å²) in [6.45, 7) is 0. The molecule has 1 heterocycles. The van der Waals surface area contributed by atoms with E-state index in [0.717, 1.165) is 11.3 Å². The van der Waals surface area contributed by atoms with Crippen LogP contribution < -0.4 is 10.1 Å². The topological polar surface area (TPSA) is 47.0 Å². The zero-order valence-electron chi connectivity index (χ0n) is 12.6. The molecule has 0 bridgehead atoms. The van der Waals surface area contributed by atoms with Gasteiger partial charge in [-0.05, 0) is 36.4 Å². The largest absolute Gasteiger partial charge is 0.494 e. The van der Waals surface area contributed by atoms with Crippen molar-refractivity contribution in [3.63, 3.8) is 0 Å². The van der Waals surface area contributed by atoms with E-state index in [4.69, 9.17) is 39.5 Å². The van der Waals surface area contributed by atoms with Crippen molar-refractivity contribution in [3.8, 4) is 17.0 Å². The normalized spacial score (nSPS) is 10.5. The van der Waals surface area contributed by atoms with Gasteiger partial charge in [0.2, 0.25) is 5.95 Å². The second kappa shape index (κ2) is 7.26. The van der Waals surface area contributed by atoms with Crippen molar-refractivity contribution in [2.24, 2.45) is 0 Å². The summed E-state index contributed by atoms with van der Waals surface area (Å²) >= 11 is 18.4. The Morgan fingerprint density at radius 2 is 1.75 bits per heavy atom. The molecule has 0 radical (unpaired) electrons. The summed E-state index contributed by atoms with van der Waals surface area (Å²) in [5.74, 6) is 0.881. The third-order valence-corrected chi connectivity index (χ3v) is 4.03. The van der Waals surface area contributed by atoms with E-state index in [1.165, 1.54) is 7.11 Å². The first-order chi connectivity index (χ1) is 11.6. The molecule has 0 aliphatic carbocycles. The van der Waals surface area contributed by atoms with Gasteiger partial charge in [-0.15, -0.1) is 0 Å². The van der Waals surface area contributed by atoms with Crippen molar-refractivity contribution in [2.75, 3.05) is 12.4 Å². The summed E-state index contributed by atoms with van der Waals surface area (Å²) in [4.78, 5) is 8.69. The molecule has 24 heavy (non-hydrogen) atoms. The van der Waals surface area contributed by atoms with Crippen LogP contribution in [0.4, 0.5) is 11.6 Å². The third kappa shape index (κ3) is 3.73. The van der Waals surface area contributed by atoms with Gasteiger partial charge in [0.05, 0.1) is 22.8 Å². The molecule has 7 heteroatoms. The number of methoxy groups -OCH3 is 1. The highest BCUT2D eigenvalue weighted by molar-refractivity contribution is 6.37. The van der Waals surface area contributed by atoms with E-state index < -0.39 is 0 Å². The Kier molecular flexibility index (Phi) is 5.09. The zero-order valence-corrected chi connectivity index (χ0v) is 14.8. The molecule has 2 aromatic carbocycles. The fraction of sp³-hybridized carbons (Fsp3) is 0.0588. The number of nitrogens with one attached hydrogen (secondary N) is 1. The van der Waals surface area contributed by atoms with Gasteiger partial charge in [-0.1, -0.05) is 40.9 Å². The second-order valence-corrected chi connectivity index (χ2v) is 6.12. The molecule has 0 spiro atoms. The molecule has 0 fully saturated rings. The maximum Gasteiger partial charge on any atom is 0.227 e. The number of anilines is 2. The highest BCUT2D eigenvalue weighted by Crippen LogP contribution is 2.36. The molecule has 1 N–H and O–H groups in total. The Morgan fingerprint density at radius 1 is 1.00 bits per heavy atom. The van der Waals surface area contributed by atoms with Gasteiger partial charge in [0.15, 0.2) is 5.75 Å². The molecule has 3 aromatic rings. The average molecular weight is 381 g/mol. The summed E-state index contributed by atoms with van der Waals surface area (Å²) in [6.07, 6.45) is 1.65. The van der Waals surface area contributed by atoms with Gasteiger partial charge in [0, 0.05) is 22.5 Å². The molecule has 3 rings (SSSR count). The minimum atomic E-state index is 0.419. The van der Waals surface area contributed by atoms with Crippen LogP contribution in [0.1, 0.15) is 0 Å². The summed E-state index contributed by atoms with van der Waals surface area (Å²) < 4.78 is 5.16.